The Morgan fingerprint density at radius 2 is 2.14 bits per heavy atom. The topological polar surface area (TPSA) is 57.6 Å². The van der Waals surface area contributed by atoms with Crippen LogP contribution in [0.25, 0.3) is 6.08 Å². The molecule has 0 aromatic heterocycles. The zero-order valence-corrected chi connectivity index (χ0v) is 12.1. The minimum Gasteiger partial charge on any atom is -0.396 e. The molecule has 1 unspecified atom stereocenters. The molecule has 1 aromatic rings. The molecule has 0 bridgehead atoms. The maximum Gasteiger partial charge on any atom is 0.260 e. The maximum absolute atomic E-state index is 13.0. The highest BCUT2D eigenvalue weighted by atomic mass is 16.3. The third-order valence-electron chi connectivity index (χ3n) is 5.70. The van der Waals surface area contributed by atoms with Crippen LogP contribution in [0.5, 0.6) is 0 Å². The van der Waals surface area contributed by atoms with Gasteiger partial charge >= 0.3 is 0 Å². The highest BCUT2D eigenvalue weighted by molar-refractivity contribution is 6.15. The number of hydrogen-bond acceptors (Lipinski definition) is 3. The second-order valence-corrected chi connectivity index (χ2v) is 6.64. The molecule has 108 valence electrons. The van der Waals surface area contributed by atoms with Crippen LogP contribution in [0, 0.1) is 11.3 Å². The lowest BCUT2D eigenvalue weighted by Gasteiger charge is -2.64. The molecule has 1 aliphatic heterocycles. The average Bonchev–Trinajstić information content (AvgIpc) is 2.49. The van der Waals surface area contributed by atoms with Crippen LogP contribution in [0.4, 0.5) is 0 Å². The second-order valence-electron chi connectivity index (χ2n) is 6.64. The van der Waals surface area contributed by atoms with Crippen LogP contribution < -0.4 is 0 Å². The van der Waals surface area contributed by atoms with Crippen LogP contribution in [0.15, 0.2) is 24.3 Å². The first kappa shape index (κ1) is 12.8. The summed E-state index contributed by atoms with van der Waals surface area (Å²) < 4.78 is 0. The molecule has 1 heterocycles. The van der Waals surface area contributed by atoms with E-state index in [1.165, 1.54) is 4.90 Å². The molecule has 1 N–H and O–H groups in total. The summed E-state index contributed by atoms with van der Waals surface area (Å²) >= 11 is 0. The standard InChI is InChI=1S/C17H17NO3/c1-16(9-19)8-11-7-6-10-4-3-5-12-13(10)17(11,16)15(21)18(2)14(12)20/h3-7,11,19H,8-9H2,1-2H3/t11?,16-,17+/m1/s1. The van der Waals surface area contributed by atoms with Gasteiger partial charge in [-0.15, -0.1) is 0 Å². The Kier molecular flexibility index (Phi) is 2.21. The van der Waals surface area contributed by atoms with Crippen LogP contribution in [0.2, 0.25) is 0 Å². The van der Waals surface area contributed by atoms with Crippen molar-refractivity contribution < 1.29 is 14.7 Å². The number of carbonyl (C=O) groups excluding carboxylic acids is 2. The van der Waals surface area contributed by atoms with Crippen molar-refractivity contribution in [2.75, 3.05) is 13.7 Å². The lowest BCUT2D eigenvalue weighted by molar-refractivity contribution is -0.161. The Bertz CT molecular complexity index is 723. The SMILES string of the molecule is CN1C(=O)c2cccc3c2[C@]2(C1=O)C(C=C3)C[C@]2(C)CO. The van der Waals surface area contributed by atoms with Crippen LogP contribution in [0.3, 0.4) is 0 Å². The van der Waals surface area contributed by atoms with Crippen LogP contribution in [-0.2, 0) is 10.2 Å². The molecule has 21 heavy (non-hydrogen) atoms. The molecule has 1 saturated carbocycles. The summed E-state index contributed by atoms with van der Waals surface area (Å²) in [6, 6.07) is 5.58. The maximum atomic E-state index is 13.0. The number of likely N-dealkylation sites (N-methyl/N-ethyl adjacent to an activating group) is 1. The monoisotopic (exact) mass is 283 g/mol. The Morgan fingerprint density at radius 3 is 2.86 bits per heavy atom. The number of allylic oxidation sites excluding steroid dienone is 1. The van der Waals surface area contributed by atoms with Gasteiger partial charge in [0, 0.05) is 24.6 Å². The molecule has 4 rings (SSSR count). The Hall–Kier alpha value is -1.94. The highest BCUT2D eigenvalue weighted by Crippen LogP contribution is 2.66. The summed E-state index contributed by atoms with van der Waals surface area (Å²) in [4.78, 5) is 26.7. The number of nitrogens with zero attached hydrogens (tertiary/aromatic N) is 1. The minimum atomic E-state index is -0.787. The average molecular weight is 283 g/mol. The summed E-state index contributed by atoms with van der Waals surface area (Å²) in [5, 5.41) is 9.91. The van der Waals surface area contributed by atoms with E-state index in [9.17, 15) is 14.7 Å². The van der Waals surface area contributed by atoms with Gasteiger partial charge in [0.15, 0.2) is 0 Å². The van der Waals surface area contributed by atoms with Gasteiger partial charge in [0.1, 0.15) is 0 Å². The Balaban J connectivity index is 2.12. The summed E-state index contributed by atoms with van der Waals surface area (Å²) in [5.74, 6) is -0.361. The highest BCUT2D eigenvalue weighted by Gasteiger charge is 2.71. The number of carbonyl (C=O) groups is 2. The normalized spacial score (nSPS) is 36.1. The zero-order chi connectivity index (χ0) is 15.0. The minimum absolute atomic E-state index is 0.0567. The molecule has 1 aromatic carbocycles. The molecule has 0 saturated heterocycles. The number of hydrogen-bond donors (Lipinski definition) is 1. The summed E-state index contributed by atoms with van der Waals surface area (Å²) in [5.41, 5.74) is 1.05. The van der Waals surface area contributed by atoms with Crippen molar-refractivity contribution in [3.63, 3.8) is 0 Å². The number of aliphatic hydroxyl groups is 1. The second kappa shape index (κ2) is 3.63. The van der Waals surface area contributed by atoms with Gasteiger partial charge in [0.05, 0.1) is 5.41 Å². The Morgan fingerprint density at radius 1 is 1.38 bits per heavy atom. The van der Waals surface area contributed by atoms with E-state index in [1.807, 2.05) is 25.1 Å². The van der Waals surface area contributed by atoms with Gasteiger partial charge < -0.3 is 5.11 Å². The molecule has 3 atom stereocenters. The van der Waals surface area contributed by atoms with Crippen molar-refractivity contribution in [2.45, 2.75) is 18.8 Å². The van der Waals surface area contributed by atoms with Gasteiger partial charge in [-0.3, -0.25) is 14.5 Å². The van der Waals surface area contributed by atoms with Gasteiger partial charge in [0.2, 0.25) is 5.91 Å². The molecular formula is C17H17NO3. The van der Waals surface area contributed by atoms with Crippen molar-refractivity contribution in [1.82, 2.24) is 4.90 Å². The van der Waals surface area contributed by atoms with E-state index in [1.54, 1.807) is 13.1 Å². The smallest absolute Gasteiger partial charge is 0.260 e. The lowest BCUT2D eigenvalue weighted by atomic mass is 9.39. The van der Waals surface area contributed by atoms with Gasteiger partial charge in [-0.25, -0.2) is 0 Å². The number of aliphatic hydroxyl groups excluding tert-OH is 1. The number of imide groups is 1. The first-order valence-electron chi connectivity index (χ1n) is 7.22. The molecule has 4 nitrogen and oxygen atoms in total. The largest absolute Gasteiger partial charge is 0.396 e. The van der Waals surface area contributed by atoms with Crippen molar-refractivity contribution in [1.29, 1.82) is 0 Å². The van der Waals surface area contributed by atoms with Gasteiger partial charge in [-0.05, 0) is 29.5 Å². The molecular weight excluding hydrogens is 266 g/mol. The summed E-state index contributed by atoms with van der Waals surface area (Å²) in [6.07, 6.45) is 4.83. The van der Waals surface area contributed by atoms with Crippen molar-refractivity contribution in [2.24, 2.45) is 11.3 Å². The van der Waals surface area contributed by atoms with E-state index < -0.39 is 10.8 Å². The fourth-order valence-electron chi connectivity index (χ4n) is 4.61. The first-order valence-corrected chi connectivity index (χ1v) is 7.22. The van der Waals surface area contributed by atoms with Crippen LogP contribution >= 0.6 is 0 Å². The van der Waals surface area contributed by atoms with E-state index in [2.05, 4.69) is 6.08 Å². The molecule has 0 radical (unpaired) electrons. The fraction of sp³-hybridized carbons (Fsp3) is 0.412. The summed E-state index contributed by atoms with van der Waals surface area (Å²) in [7, 11) is 1.54. The third kappa shape index (κ3) is 1.14. The predicted octanol–water partition coefficient (Wildman–Crippen LogP) is 1.58. The zero-order valence-electron chi connectivity index (χ0n) is 12.1. The number of benzene rings is 1. The van der Waals surface area contributed by atoms with E-state index >= 15 is 0 Å². The molecule has 2 amide bonds. The van der Waals surface area contributed by atoms with Crippen LogP contribution in [-0.4, -0.2) is 35.5 Å². The van der Waals surface area contributed by atoms with E-state index in [-0.39, 0.29) is 24.3 Å². The molecule has 4 heteroatoms. The van der Waals surface area contributed by atoms with Gasteiger partial charge in [-0.1, -0.05) is 31.2 Å². The molecule has 1 fully saturated rings. The van der Waals surface area contributed by atoms with Crippen LogP contribution in [0.1, 0.15) is 34.8 Å². The predicted molar refractivity (Wildman–Crippen MR) is 77.6 cm³/mol. The summed E-state index contributed by atoms with van der Waals surface area (Å²) in [6.45, 7) is 1.89. The number of amides is 2. The Labute approximate surface area is 123 Å². The lowest BCUT2D eigenvalue weighted by Crippen LogP contribution is -2.71. The van der Waals surface area contributed by atoms with Crippen molar-refractivity contribution in [3.8, 4) is 0 Å². The van der Waals surface area contributed by atoms with E-state index in [0.717, 1.165) is 17.5 Å². The first-order chi connectivity index (χ1) is 9.97. The van der Waals surface area contributed by atoms with Crippen molar-refractivity contribution >= 4 is 17.9 Å². The van der Waals surface area contributed by atoms with Gasteiger partial charge in [0.25, 0.3) is 5.91 Å². The van der Waals surface area contributed by atoms with Crippen molar-refractivity contribution in [3.05, 3.63) is 41.0 Å². The van der Waals surface area contributed by atoms with E-state index in [0.29, 0.717) is 5.56 Å². The number of rotatable bonds is 1. The quantitative estimate of drug-likeness (QED) is 0.796. The molecule has 3 aliphatic rings. The fourth-order valence-corrected chi connectivity index (χ4v) is 4.61. The molecule has 1 spiro atoms. The van der Waals surface area contributed by atoms with E-state index in [4.69, 9.17) is 0 Å². The third-order valence-corrected chi connectivity index (χ3v) is 5.70. The van der Waals surface area contributed by atoms with Gasteiger partial charge in [-0.2, -0.15) is 0 Å². The molecule has 2 aliphatic carbocycles.